The molecule has 1 atom stereocenters. The first-order chi connectivity index (χ1) is 6.69. The van der Waals surface area contributed by atoms with Crippen molar-refractivity contribution >= 4 is 23.2 Å². The number of hydrogen-bond donors (Lipinski definition) is 1. The van der Waals surface area contributed by atoms with E-state index in [1.165, 1.54) is 0 Å². The topological polar surface area (TPSA) is 12.0 Å². The van der Waals surface area contributed by atoms with E-state index in [9.17, 15) is 0 Å². The van der Waals surface area contributed by atoms with E-state index in [4.69, 9.17) is 29.6 Å². The van der Waals surface area contributed by atoms with Gasteiger partial charge in [-0.15, -0.1) is 12.3 Å². The van der Waals surface area contributed by atoms with E-state index >= 15 is 0 Å². The van der Waals surface area contributed by atoms with Crippen LogP contribution in [0.25, 0.3) is 0 Å². The summed E-state index contributed by atoms with van der Waals surface area (Å²) in [6, 6.07) is 5.51. The second-order valence-corrected chi connectivity index (χ2v) is 3.76. The standard InChI is InChI=1S/C11H11Cl2N/c1-3-4-11(14-2)9-6-5-8(12)7-10(9)13/h1,5-7,11,14H,4H2,2H3. The molecule has 0 aliphatic carbocycles. The van der Waals surface area contributed by atoms with Crippen LogP contribution < -0.4 is 5.32 Å². The molecule has 0 radical (unpaired) electrons. The third-order valence-electron chi connectivity index (χ3n) is 2.01. The van der Waals surface area contributed by atoms with Gasteiger partial charge in [0, 0.05) is 22.5 Å². The lowest BCUT2D eigenvalue weighted by atomic mass is 10.0. The molecule has 0 fully saturated rings. The van der Waals surface area contributed by atoms with Gasteiger partial charge in [-0.1, -0.05) is 29.3 Å². The quantitative estimate of drug-likeness (QED) is 0.783. The summed E-state index contributed by atoms with van der Waals surface area (Å²) in [7, 11) is 1.85. The van der Waals surface area contributed by atoms with Gasteiger partial charge >= 0.3 is 0 Å². The fraction of sp³-hybridized carbons (Fsp3) is 0.273. The third-order valence-corrected chi connectivity index (χ3v) is 2.57. The average Bonchev–Trinajstić information content (AvgIpc) is 2.15. The van der Waals surface area contributed by atoms with Crippen LogP contribution in [0, 0.1) is 12.3 Å². The molecule has 1 aromatic rings. The van der Waals surface area contributed by atoms with Crippen molar-refractivity contribution in [1.82, 2.24) is 5.32 Å². The zero-order valence-electron chi connectivity index (χ0n) is 7.85. The van der Waals surface area contributed by atoms with Crippen molar-refractivity contribution in [2.45, 2.75) is 12.5 Å². The van der Waals surface area contributed by atoms with Crippen molar-refractivity contribution in [3.05, 3.63) is 33.8 Å². The summed E-state index contributed by atoms with van der Waals surface area (Å²) in [4.78, 5) is 0. The van der Waals surface area contributed by atoms with Gasteiger partial charge < -0.3 is 5.32 Å². The lowest BCUT2D eigenvalue weighted by Crippen LogP contribution is -2.15. The SMILES string of the molecule is C#CCC(NC)c1ccc(Cl)cc1Cl. The molecule has 0 amide bonds. The number of terminal acetylenes is 1. The highest BCUT2D eigenvalue weighted by atomic mass is 35.5. The Hall–Kier alpha value is -0.680. The maximum absolute atomic E-state index is 6.05. The van der Waals surface area contributed by atoms with Crippen LogP contribution in [0.5, 0.6) is 0 Å². The number of hydrogen-bond acceptors (Lipinski definition) is 1. The summed E-state index contributed by atoms with van der Waals surface area (Å²) in [5, 5.41) is 4.39. The van der Waals surface area contributed by atoms with Gasteiger partial charge in [0.05, 0.1) is 0 Å². The molecule has 74 valence electrons. The first kappa shape index (κ1) is 11.4. The van der Waals surface area contributed by atoms with Crippen molar-refractivity contribution in [1.29, 1.82) is 0 Å². The first-order valence-corrected chi connectivity index (χ1v) is 5.00. The van der Waals surface area contributed by atoms with E-state index in [2.05, 4.69) is 11.2 Å². The number of benzene rings is 1. The van der Waals surface area contributed by atoms with Gasteiger partial charge in [0.1, 0.15) is 0 Å². The fourth-order valence-electron chi connectivity index (χ4n) is 1.27. The van der Waals surface area contributed by atoms with Crippen molar-refractivity contribution in [2.75, 3.05) is 7.05 Å². The Morgan fingerprint density at radius 3 is 2.71 bits per heavy atom. The molecule has 1 nitrogen and oxygen atoms in total. The summed E-state index contributed by atoms with van der Waals surface area (Å²) in [6.07, 6.45) is 5.87. The number of rotatable bonds is 3. The molecule has 1 rings (SSSR count). The maximum atomic E-state index is 6.05. The molecule has 3 heteroatoms. The van der Waals surface area contributed by atoms with Crippen LogP contribution in [0.4, 0.5) is 0 Å². The second kappa shape index (κ2) is 5.26. The number of halogens is 2. The Balaban J connectivity index is 2.99. The van der Waals surface area contributed by atoms with Gasteiger partial charge in [0.15, 0.2) is 0 Å². The first-order valence-electron chi connectivity index (χ1n) is 4.24. The van der Waals surface area contributed by atoms with E-state index in [0.29, 0.717) is 16.5 Å². The molecule has 0 heterocycles. The average molecular weight is 228 g/mol. The fourth-order valence-corrected chi connectivity index (χ4v) is 1.81. The summed E-state index contributed by atoms with van der Waals surface area (Å²) < 4.78 is 0. The molecular formula is C11H11Cl2N. The van der Waals surface area contributed by atoms with Crippen molar-refractivity contribution in [3.63, 3.8) is 0 Å². The Labute approximate surface area is 94.4 Å². The van der Waals surface area contributed by atoms with E-state index in [1.54, 1.807) is 6.07 Å². The lowest BCUT2D eigenvalue weighted by molar-refractivity contribution is 0.612. The highest BCUT2D eigenvalue weighted by molar-refractivity contribution is 6.35. The minimum Gasteiger partial charge on any atom is -0.312 e. The highest BCUT2D eigenvalue weighted by Gasteiger charge is 2.11. The second-order valence-electron chi connectivity index (χ2n) is 2.92. The van der Waals surface area contributed by atoms with E-state index < -0.39 is 0 Å². The Morgan fingerprint density at radius 1 is 1.50 bits per heavy atom. The minimum absolute atomic E-state index is 0.0877. The van der Waals surface area contributed by atoms with E-state index in [-0.39, 0.29) is 6.04 Å². The number of nitrogens with one attached hydrogen (secondary N) is 1. The molecule has 1 unspecified atom stereocenters. The molecule has 0 aromatic heterocycles. The lowest BCUT2D eigenvalue weighted by Gasteiger charge is -2.15. The zero-order valence-corrected chi connectivity index (χ0v) is 9.36. The van der Waals surface area contributed by atoms with Crippen molar-refractivity contribution < 1.29 is 0 Å². The summed E-state index contributed by atoms with van der Waals surface area (Å²) in [5.74, 6) is 2.60. The molecule has 1 N–H and O–H groups in total. The Kier molecular flexibility index (Phi) is 4.28. The van der Waals surface area contributed by atoms with Crippen LogP contribution in [-0.4, -0.2) is 7.05 Å². The summed E-state index contributed by atoms with van der Waals surface area (Å²) in [5.41, 5.74) is 0.983. The van der Waals surface area contributed by atoms with Crippen LogP contribution in [0.2, 0.25) is 10.0 Å². The molecule has 14 heavy (non-hydrogen) atoms. The van der Waals surface area contributed by atoms with Gasteiger partial charge in [-0.3, -0.25) is 0 Å². The van der Waals surface area contributed by atoms with Gasteiger partial charge in [0.25, 0.3) is 0 Å². The predicted octanol–water partition coefficient (Wildman–Crippen LogP) is 3.28. The predicted molar refractivity (Wildman–Crippen MR) is 61.7 cm³/mol. The smallest absolute Gasteiger partial charge is 0.0468 e. The van der Waals surface area contributed by atoms with Crippen LogP contribution in [-0.2, 0) is 0 Å². The molecule has 0 bridgehead atoms. The van der Waals surface area contributed by atoms with Crippen molar-refractivity contribution in [2.24, 2.45) is 0 Å². The summed E-state index contributed by atoms with van der Waals surface area (Å²) in [6.45, 7) is 0. The van der Waals surface area contributed by atoms with Crippen LogP contribution in [0.15, 0.2) is 18.2 Å². The molecule has 1 aromatic carbocycles. The maximum Gasteiger partial charge on any atom is 0.0468 e. The molecule has 0 saturated carbocycles. The van der Waals surface area contributed by atoms with Gasteiger partial charge in [-0.05, 0) is 24.7 Å². The third kappa shape index (κ3) is 2.65. The van der Waals surface area contributed by atoms with Crippen LogP contribution >= 0.6 is 23.2 Å². The normalized spacial score (nSPS) is 12.1. The van der Waals surface area contributed by atoms with Crippen LogP contribution in [0.3, 0.4) is 0 Å². The van der Waals surface area contributed by atoms with Crippen molar-refractivity contribution in [3.8, 4) is 12.3 Å². The van der Waals surface area contributed by atoms with Gasteiger partial charge in [-0.25, -0.2) is 0 Å². The molecule has 0 aliphatic rings. The van der Waals surface area contributed by atoms with Gasteiger partial charge in [0.2, 0.25) is 0 Å². The molecule has 0 aliphatic heterocycles. The molecular weight excluding hydrogens is 217 g/mol. The van der Waals surface area contributed by atoms with E-state index in [1.807, 2.05) is 19.2 Å². The van der Waals surface area contributed by atoms with Crippen LogP contribution in [0.1, 0.15) is 18.0 Å². The zero-order chi connectivity index (χ0) is 10.6. The largest absolute Gasteiger partial charge is 0.312 e. The van der Waals surface area contributed by atoms with Gasteiger partial charge in [-0.2, -0.15) is 0 Å². The monoisotopic (exact) mass is 227 g/mol. The Morgan fingerprint density at radius 2 is 2.21 bits per heavy atom. The molecule has 0 spiro atoms. The Bertz CT molecular complexity index is 355. The minimum atomic E-state index is 0.0877. The highest BCUT2D eigenvalue weighted by Crippen LogP contribution is 2.27. The summed E-state index contributed by atoms with van der Waals surface area (Å²) >= 11 is 11.8. The van der Waals surface area contributed by atoms with E-state index in [0.717, 1.165) is 5.56 Å². The molecule has 0 saturated heterocycles.